The fourth-order valence-electron chi connectivity index (χ4n) is 3.26. The first-order chi connectivity index (χ1) is 12.5. The SMILES string of the molecule is CC(C)(C)P1COc2cccc(-c3ccccc3Oc3ccccc3)c21. The predicted molar refractivity (Wildman–Crippen MR) is 110 cm³/mol. The Balaban J connectivity index is 1.82. The Hall–Kier alpha value is -2.31. The summed E-state index contributed by atoms with van der Waals surface area (Å²) in [7, 11) is -0.396. The molecule has 0 aromatic heterocycles. The van der Waals surface area contributed by atoms with Crippen molar-refractivity contribution >= 4 is 13.2 Å². The van der Waals surface area contributed by atoms with Gasteiger partial charge >= 0.3 is 0 Å². The van der Waals surface area contributed by atoms with E-state index in [0.717, 1.165) is 29.2 Å². The standard InChI is InChI=1S/C23H23O2P/c1-23(2,3)26-16-24-21-15-9-13-19(22(21)26)18-12-7-8-14-20(18)25-17-10-5-4-6-11-17/h4-15H,16H2,1-3H3. The summed E-state index contributed by atoms with van der Waals surface area (Å²) in [5.41, 5.74) is 2.35. The van der Waals surface area contributed by atoms with Crippen LogP contribution in [0.1, 0.15) is 20.8 Å². The lowest BCUT2D eigenvalue weighted by molar-refractivity contribution is 0.400. The molecule has 0 fully saturated rings. The third-order valence-electron chi connectivity index (χ3n) is 4.58. The molecule has 3 heteroatoms. The van der Waals surface area contributed by atoms with Crippen LogP contribution in [0.25, 0.3) is 11.1 Å². The lowest BCUT2D eigenvalue weighted by Crippen LogP contribution is -2.19. The second-order valence-electron chi connectivity index (χ2n) is 7.44. The summed E-state index contributed by atoms with van der Waals surface area (Å²) < 4.78 is 12.3. The molecule has 1 atom stereocenters. The summed E-state index contributed by atoms with van der Waals surface area (Å²) in [6, 6.07) is 24.6. The Morgan fingerprint density at radius 3 is 2.27 bits per heavy atom. The first-order valence-corrected chi connectivity index (χ1v) is 10.4. The highest BCUT2D eigenvalue weighted by molar-refractivity contribution is 7.67. The number of benzene rings is 3. The predicted octanol–water partition coefficient (Wildman–Crippen LogP) is 6.40. The number of hydrogen-bond donors (Lipinski definition) is 0. The Bertz CT molecular complexity index is 913. The average Bonchev–Trinajstić information content (AvgIpc) is 3.08. The van der Waals surface area contributed by atoms with Gasteiger partial charge in [-0.2, -0.15) is 0 Å². The molecule has 0 N–H and O–H groups in total. The minimum atomic E-state index is -0.396. The smallest absolute Gasteiger partial charge is 0.135 e. The number of hydrogen-bond acceptors (Lipinski definition) is 2. The monoisotopic (exact) mass is 362 g/mol. The van der Waals surface area contributed by atoms with Crippen molar-refractivity contribution in [3.8, 4) is 28.4 Å². The van der Waals surface area contributed by atoms with Crippen LogP contribution in [-0.4, -0.2) is 11.5 Å². The van der Waals surface area contributed by atoms with Gasteiger partial charge in [-0.25, -0.2) is 0 Å². The van der Waals surface area contributed by atoms with Gasteiger partial charge in [0.15, 0.2) is 0 Å². The third kappa shape index (κ3) is 3.22. The molecule has 0 amide bonds. The van der Waals surface area contributed by atoms with Crippen LogP contribution in [0.5, 0.6) is 17.2 Å². The summed E-state index contributed by atoms with van der Waals surface area (Å²) in [4.78, 5) is 0. The third-order valence-corrected chi connectivity index (χ3v) is 7.58. The van der Waals surface area contributed by atoms with Crippen molar-refractivity contribution in [2.75, 3.05) is 6.35 Å². The van der Waals surface area contributed by atoms with Crippen molar-refractivity contribution in [1.82, 2.24) is 0 Å². The van der Waals surface area contributed by atoms with Gasteiger partial charge in [-0.05, 0) is 42.9 Å². The van der Waals surface area contributed by atoms with Gasteiger partial charge in [0.2, 0.25) is 0 Å². The van der Waals surface area contributed by atoms with Crippen molar-refractivity contribution in [3.05, 3.63) is 72.8 Å². The van der Waals surface area contributed by atoms with E-state index in [9.17, 15) is 0 Å². The van der Waals surface area contributed by atoms with Gasteiger partial charge in [0.05, 0.1) is 0 Å². The quantitative estimate of drug-likeness (QED) is 0.502. The minimum Gasteiger partial charge on any atom is -0.488 e. The van der Waals surface area contributed by atoms with Gasteiger partial charge in [-0.15, -0.1) is 0 Å². The minimum absolute atomic E-state index is 0.200. The zero-order valence-corrected chi connectivity index (χ0v) is 16.3. The van der Waals surface area contributed by atoms with Crippen molar-refractivity contribution in [3.63, 3.8) is 0 Å². The zero-order chi connectivity index (χ0) is 18.1. The van der Waals surface area contributed by atoms with E-state index >= 15 is 0 Å². The summed E-state index contributed by atoms with van der Waals surface area (Å²) in [5.74, 6) is 2.75. The van der Waals surface area contributed by atoms with Gasteiger partial charge in [0.25, 0.3) is 0 Å². The zero-order valence-electron chi connectivity index (χ0n) is 15.4. The van der Waals surface area contributed by atoms with Crippen molar-refractivity contribution < 1.29 is 9.47 Å². The number of ether oxygens (including phenoxy) is 2. The number of fused-ring (bicyclic) bond motifs is 1. The molecule has 1 aliphatic rings. The maximum Gasteiger partial charge on any atom is 0.135 e. The molecule has 0 aliphatic carbocycles. The van der Waals surface area contributed by atoms with Crippen LogP contribution < -0.4 is 14.8 Å². The second-order valence-corrected chi connectivity index (χ2v) is 10.3. The second kappa shape index (κ2) is 6.78. The molecule has 0 spiro atoms. The largest absolute Gasteiger partial charge is 0.488 e. The molecule has 0 bridgehead atoms. The highest BCUT2D eigenvalue weighted by atomic mass is 31.1. The maximum atomic E-state index is 6.21. The van der Waals surface area contributed by atoms with Gasteiger partial charge in [-0.3, -0.25) is 0 Å². The van der Waals surface area contributed by atoms with Crippen LogP contribution in [0.2, 0.25) is 0 Å². The van der Waals surface area contributed by atoms with Crippen molar-refractivity contribution in [2.24, 2.45) is 0 Å². The van der Waals surface area contributed by atoms with Gasteiger partial charge < -0.3 is 9.47 Å². The molecule has 3 aromatic carbocycles. The molecule has 1 aliphatic heterocycles. The first-order valence-electron chi connectivity index (χ1n) is 8.90. The van der Waals surface area contributed by atoms with E-state index in [4.69, 9.17) is 9.47 Å². The summed E-state index contributed by atoms with van der Waals surface area (Å²) in [6.45, 7) is 6.92. The van der Waals surface area contributed by atoms with Crippen molar-refractivity contribution in [1.29, 1.82) is 0 Å². The van der Waals surface area contributed by atoms with Gasteiger partial charge in [-0.1, -0.05) is 69.3 Å². The molecular formula is C23H23O2P. The maximum absolute atomic E-state index is 6.21. The van der Waals surface area contributed by atoms with E-state index in [1.165, 1.54) is 10.9 Å². The lowest BCUT2D eigenvalue weighted by atomic mass is 10.0. The molecule has 0 radical (unpaired) electrons. The van der Waals surface area contributed by atoms with E-state index in [2.05, 4.69) is 51.1 Å². The average molecular weight is 362 g/mol. The van der Waals surface area contributed by atoms with E-state index in [1.54, 1.807) is 0 Å². The topological polar surface area (TPSA) is 18.5 Å². The molecule has 3 aromatic rings. The Morgan fingerprint density at radius 1 is 0.808 bits per heavy atom. The molecule has 1 heterocycles. The number of rotatable bonds is 3. The van der Waals surface area contributed by atoms with Crippen LogP contribution in [0.15, 0.2) is 72.8 Å². The molecule has 4 rings (SSSR count). The molecule has 2 nitrogen and oxygen atoms in total. The molecular weight excluding hydrogens is 339 g/mol. The molecule has 0 saturated heterocycles. The van der Waals surface area contributed by atoms with Crippen LogP contribution in [-0.2, 0) is 0 Å². The van der Waals surface area contributed by atoms with Crippen LogP contribution in [0, 0.1) is 0 Å². The highest BCUT2D eigenvalue weighted by Gasteiger charge is 2.36. The van der Waals surface area contributed by atoms with Crippen molar-refractivity contribution in [2.45, 2.75) is 25.9 Å². The van der Waals surface area contributed by atoms with Gasteiger partial charge in [0.1, 0.15) is 23.6 Å². The fraction of sp³-hybridized carbons (Fsp3) is 0.217. The highest BCUT2D eigenvalue weighted by Crippen LogP contribution is 2.56. The van der Waals surface area contributed by atoms with E-state index < -0.39 is 7.92 Å². The molecule has 0 saturated carbocycles. The molecule has 1 unspecified atom stereocenters. The Morgan fingerprint density at radius 2 is 1.50 bits per heavy atom. The number of para-hydroxylation sites is 2. The Kier molecular flexibility index (Phi) is 4.46. The molecule has 26 heavy (non-hydrogen) atoms. The van der Waals surface area contributed by atoms with Crippen LogP contribution in [0.3, 0.4) is 0 Å². The lowest BCUT2D eigenvalue weighted by Gasteiger charge is -2.27. The summed E-state index contributed by atoms with van der Waals surface area (Å²) >= 11 is 0. The summed E-state index contributed by atoms with van der Waals surface area (Å²) in [6.07, 6.45) is 0.799. The van der Waals surface area contributed by atoms with E-state index in [1.807, 2.05) is 42.5 Å². The summed E-state index contributed by atoms with van der Waals surface area (Å²) in [5, 5.41) is 1.56. The van der Waals surface area contributed by atoms with E-state index in [0.29, 0.717) is 0 Å². The normalized spacial score (nSPS) is 16.0. The van der Waals surface area contributed by atoms with Crippen LogP contribution >= 0.6 is 7.92 Å². The molecule has 132 valence electrons. The van der Waals surface area contributed by atoms with Crippen LogP contribution in [0.4, 0.5) is 0 Å². The van der Waals surface area contributed by atoms with Gasteiger partial charge in [0, 0.05) is 10.9 Å². The van der Waals surface area contributed by atoms with E-state index in [-0.39, 0.29) is 5.16 Å². The first kappa shape index (κ1) is 17.1. The Labute approximate surface area is 156 Å². The fourth-order valence-corrected chi connectivity index (χ4v) is 5.60.